The Hall–Kier alpha value is -0.570. The van der Waals surface area contributed by atoms with Crippen molar-refractivity contribution in [2.24, 2.45) is 0 Å². The molecule has 1 rings (SSSR count). The van der Waals surface area contributed by atoms with Gasteiger partial charge in [-0.1, -0.05) is 50.9 Å². The first kappa shape index (κ1) is 18.5. The Morgan fingerprint density at radius 1 is 1.19 bits per heavy atom. The minimum absolute atomic E-state index is 0.155. The maximum absolute atomic E-state index is 8.90. The highest BCUT2D eigenvalue weighted by Gasteiger charge is 2.28. The summed E-state index contributed by atoms with van der Waals surface area (Å²) < 4.78 is 0. The van der Waals surface area contributed by atoms with E-state index in [1.807, 2.05) is 0 Å². The molecule has 0 spiro atoms. The van der Waals surface area contributed by atoms with Crippen molar-refractivity contribution in [1.82, 2.24) is 5.32 Å². The second kappa shape index (κ2) is 9.45. The van der Waals surface area contributed by atoms with Gasteiger partial charge in [0.2, 0.25) is 0 Å². The molecule has 0 aliphatic carbocycles. The van der Waals surface area contributed by atoms with Gasteiger partial charge >= 0.3 is 0 Å². The van der Waals surface area contributed by atoms with E-state index in [1.54, 1.807) is 0 Å². The number of aliphatic hydroxyl groups excluding tert-OH is 1. The largest absolute Gasteiger partial charge is 0.396 e. The summed E-state index contributed by atoms with van der Waals surface area (Å²) in [5.41, 5.74) is 2.80. The fourth-order valence-corrected chi connectivity index (χ4v) is 3.12. The zero-order chi connectivity index (χ0) is 15.7. The zero-order valence-electron chi connectivity index (χ0n) is 13.7. The first-order valence-electron chi connectivity index (χ1n) is 8.24. The highest BCUT2D eigenvalue weighted by molar-refractivity contribution is 6.31. The second-order valence-electron chi connectivity index (χ2n) is 5.80. The number of hydrogen-bond acceptors (Lipinski definition) is 2. The predicted molar refractivity (Wildman–Crippen MR) is 92.3 cm³/mol. The van der Waals surface area contributed by atoms with E-state index in [9.17, 15) is 0 Å². The standard InChI is InChI=1S/C18H30ClNO/c1-4-8-15-13-16(9-10-17(15)19)18(5-2,6-3)14-20-11-7-12-21/h9-10,13,20-21H,4-8,11-12,14H2,1-3H3. The van der Waals surface area contributed by atoms with Gasteiger partial charge in [0.25, 0.3) is 0 Å². The Balaban J connectivity index is 2.95. The lowest BCUT2D eigenvalue weighted by Gasteiger charge is -2.33. The van der Waals surface area contributed by atoms with E-state index in [4.69, 9.17) is 16.7 Å². The molecule has 2 nitrogen and oxygen atoms in total. The lowest BCUT2D eigenvalue weighted by atomic mass is 9.75. The summed E-state index contributed by atoms with van der Waals surface area (Å²) in [6.07, 6.45) is 5.16. The fourth-order valence-electron chi connectivity index (χ4n) is 2.91. The number of aryl methyl sites for hydroxylation is 1. The molecule has 1 aromatic rings. The molecule has 0 aliphatic heterocycles. The Labute approximate surface area is 134 Å². The van der Waals surface area contributed by atoms with Crippen LogP contribution in [0.25, 0.3) is 0 Å². The van der Waals surface area contributed by atoms with Gasteiger partial charge in [-0.3, -0.25) is 0 Å². The van der Waals surface area contributed by atoms with Gasteiger partial charge < -0.3 is 10.4 Å². The third-order valence-corrected chi connectivity index (χ3v) is 4.87. The molecule has 0 saturated heterocycles. The molecule has 1 aromatic carbocycles. The van der Waals surface area contributed by atoms with Crippen molar-refractivity contribution in [1.29, 1.82) is 0 Å². The monoisotopic (exact) mass is 311 g/mol. The number of hydrogen-bond donors (Lipinski definition) is 2. The Morgan fingerprint density at radius 2 is 1.90 bits per heavy atom. The van der Waals surface area contributed by atoms with Crippen LogP contribution in [-0.2, 0) is 11.8 Å². The third kappa shape index (κ3) is 4.98. The molecular weight excluding hydrogens is 282 g/mol. The van der Waals surface area contributed by atoms with E-state index in [-0.39, 0.29) is 12.0 Å². The van der Waals surface area contributed by atoms with Crippen molar-refractivity contribution >= 4 is 11.6 Å². The molecule has 0 bridgehead atoms. The Kier molecular flexibility index (Phi) is 8.31. The molecule has 3 heteroatoms. The lowest BCUT2D eigenvalue weighted by Crippen LogP contribution is -2.38. The highest BCUT2D eigenvalue weighted by atomic mass is 35.5. The van der Waals surface area contributed by atoms with E-state index in [0.717, 1.165) is 50.2 Å². The molecule has 0 fully saturated rings. The average Bonchev–Trinajstić information content (AvgIpc) is 2.51. The van der Waals surface area contributed by atoms with Crippen molar-refractivity contribution in [3.05, 3.63) is 34.3 Å². The minimum Gasteiger partial charge on any atom is -0.396 e. The highest BCUT2D eigenvalue weighted by Crippen LogP contribution is 2.33. The van der Waals surface area contributed by atoms with Crippen molar-refractivity contribution in [3.63, 3.8) is 0 Å². The number of aliphatic hydroxyl groups is 1. The second-order valence-corrected chi connectivity index (χ2v) is 6.20. The van der Waals surface area contributed by atoms with E-state index in [2.05, 4.69) is 44.3 Å². The predicted octanol–water partition coefficient (Wildman–Crippen LogP) is 4.32. The summed E-state index contributed by atoms with van der Waals surface area (Å²) in [5.74, 6) is 0. The summed E-state index contributed by atoms with van der Waals surface area (Å²) in [6.45, 7) is 8.77. The summed E-state index contributed by atoms with van der Waals surface area (Å²) >= 11 is 6.31. The number of benzene rings is 1. The quantitative estimate of drug-likeness (QED) is 0.631. The summed E-state index contributed by atoms with van der Waals surface area (Å²) in [5, 5.41) is 13.3. The fraction of sp³-hybridized carbons (Fsp3) is 0.667. The molecule has 120 valence electrons. The van der Waals surface area contributed by atoms with Crippen LogP contribution in [0.15, 0.2) is 18.2 Å². The number of halogens is 1. The summed E-state index contributed by atoms with van der Waals surface area (Å²) in [7, 11) is 0. The van der Waals surface area contributed by atoms with E-state index >= 15 is 0 Å². The van der Waals surface area contributed by atoms with Gasteiger partial charge in [0.15, 0.2) is 0 Å². The molecule has 0 unspecified atom stereocenters. The van der Waals surface area contributed by atoms with Gasteiger partial charge in [-0.15, -0.1) is 0 Å². The molecule has 0 atom stereocenters. The average molecular weight is 312 g/mol. The zero-order valence-corrected chi connectivity index (χ0v) is 14.5. The summed E-state index contributed by atoms with van der Waals surface area (Å²) in [6, 6.07) is 6.53. The van der Waals surface area contributed by atoms with Crippen LogP contribution in [0.3, 0.4) is 0 Å². The Bertz CT molecular complexity index is 416. The van der Waals surface area contributed by atoms with Crippen molar-refractivity contribution in [3.8, 4) is 0 Å². The van der Waals surface area contributed by atoms with E-state index in [1.165, 1.54) is 11.1 Å². The maximum Gasteiger partial charge on any atom is 0.0443 e. The summed E-state index contributed by atoms with van der Waals surface area (Å²) in [4.78, 5) is 0. The van der Waals surface area contributed by atoms with Crippen LogP contribution in [0.1, 0.15) is 57.6 Å². The number of nitrogens with one attached hydrogen (secondary N) is 1. The minimum atomic E-state index is 0.155. The normalized spacial score (nSPS) is 11.9. The van der Waals surface area contributed by atoms with Crippen molar-refractivity contribution in [2.75, 3.05) is 19.7 Å². The van der Waals surface area contributed by atoms with Gasteiger partial charge in [-0.05, 0) is 49.4 Å². The van der Waals surface area contributed by atoms with Gasteiger partial charge in [0, 0.05) is 23.6 Å². The maximum atomic E-state index is 8.90. The van der Waals surface area contributed by atoms with Crippen LogP contribution >= 0.6 is 11.6 Å². The van der Waals surface area contributed by atoms with Crippen LogP contribution in [0.5, 0.6) is 0 Å². The van der Waals surface area contributed by atoms with Gasteiger partial charge in [-0.2, -0.15) is 0 Å². The van der Waals surface area contributed by atoms with Gasteiger partial charge in [0.05, 0.1) is 0 Å². The van der Waals surface area contributed by atoms with Crippen LogP contribution in [0.2, 0.25) is 5.02 Å². The molecule has 0 radical (unpaired) electrons. The molecule has 2 N–H and O–H groups in total. The molecule has 0 heterocycles. The van der Waals surface area contributed by atoms with Crippen molar-refractivity contribution in [2.45, 2.75) is 58.3 Å². The molecule has 0 aromatic heterocycles. The van der Waals surface area contributed by atoms with E-state index < -0.39 is 0 Å². The van der Waals surface area contributed by atoms with Crippen LogP contribution in [-0.4, -0.2) is 24.8 Å². The molecule has 0 amide bonds. The molecule has 21 heavy (non-hydrogen) atoms. The SMILES string of the molecule is CCCc1cc(C(CC)(CC)CNCCCO)ccc1Cl. The van der Waals surface area contributed by atoms with Gasteiger partial charge in [0.1, 0.15) is 0 Å². The van der Waals surface area contributed by atoms with Crippen LogP contribution < -0.4 is 5.32 Å². The molecular formula is C18H30ClNO. The van der Waals surface area contributed by atoms with Crippen LogP contribution in [0, 0.1) is 0 Å². The Morgan fingerprint density at radius 3 is 2.48 bits per heavy atom. The van der Waals surface area contributed by atoms with Crippen LogP contribution in [0.4, 0.5) is 0 Å². The lowest BCUT2D eigenvalue weighted by molar-refractivity contribution is 0.280. The topological polar surface area (TPSA) is 32.3 Å². The van der Waals surface area contributed by atoms with Crippen molar-refractivity contribution < 1.29 is 5.11 Å². The van der Waals surface area contributed by atoms with Gasteiger partial charge in [-0.25, -0.2) is 0 Å². The first-order chi connectivity index (χ1) is 10.1. The smallest absolute Gasteiger partial charge is 0.0443 e. The third-order valence-electron chi connectivity index (χ3n) is 4.51. The van der Waals surface area contributed by atoms with E-state index in [0.29, 0.717) is 0 Å². The molecule has 0 saturated carbocycles. The molecule has 0 aliphatic rings. The number of rotatable bonds is 10. The first-order valence-corrected chi connectivity index (χ1v) is 8.61.